The van der Waals surface area contributed by atoms with E-state index in [4.69, 9.17) is 25.8 Å². The van der Waals surface area contributed by atoms with Gasteiger partial charge in [-0.05, 0) is 23.8 Å². The van der Waals surface area contributed by atoms with Gasteiger partial charge in [-0.1, -0.05) is 29.8 Å². The van der Waals surface area contributed by atoms with Crippen molar-refractivity contribution >= 4 is 17.5 Å². The van der Waals surface area contributed by atoms with E-state index < -0.39 is 0 Å². The minimum Gasteiger partial charge on any atom is -0.488 e. The first-order valence-electron chi connectivity index (χ1n) is 7.32. The zero-order valence-corrected chi connectivity index (χ0v) is 12.9. The molecule has 23 heavy (non-hydrogen) atoms. The molecule has 0 aromatic heterocycles. The number of nitrogens with one attached hydrogen (secondary N) is 1. The maximum Gasteiger partial charge on any atom is 0.251 e. The van der Waals surface area contributed by atoms with E-state index in [9.17, 15) is 4.79 Å². The molecule has 1 unspecified atom stereocenters. The number of carbonyl (C=O) groups excluding carboxylic acids is 1. The summed E-state index contributed by atoms with van der Waals surface area (Å²) in [5.41, 5.74) is 1.60. The zero-order chi connectivity index (χ0) is 15.8. The maximum atomic E-state index is 12.3. The minimum absolute atomic E-state index is 0.0548. The lowest BCUT2D eigenvalue weighted by atomic mass is 10.1. The van der Waals surface area contributed by atoms with Crippen molar-refractivity contribution in [2.45, 2.75) is 12.5 Å². The van der Waals surface area contributed by atoms with Crippen molar-refractivity contribution in [3.8, 4) is 17.2 Å². The van der Waals surface area contributed by atoms with E-state index in [1.165, 1.54) is 0 Å². The van der Waals surface area contributed by atoms with Crippen LogP contribution in [0.2, 0.25) is 5.02 Å². The highest BCUT2D eigenvalue weighted by molar-refractivity contribution is 6.32. The summed E-state index contributed by atoms with van der Waals surface area (Å²) in [6.45, 7) is 0.549. The van der Waals surface area contributed by atoms with Crippen LogP contribution in [0.15, 0.2) is 36.4 Å². The molecule has 0 fully saturated rings. The predicted octanol–water partition coefficient (Wildman–Crippen LogP) is 2.80. The monoisotopic (exact) mass is 331 g/mol. The van der Waals surface area contributed by atoms with Crippen LogP contribution in [0.1, 0.15) is 15.9 Å². The van der Waals surface area contributed by atoms with Gasteiger partial charge in [0.1, 0.15) is 11.9 Å². The molecule has 0 bridgehead atoms. The summed E-state index contributed by atoms with van der Waals surface area (Å²) < 4.78 is 16.3. The molecule has 2 aliphatic rings. The molecule has 1 amide bonds. The summed E-state index contributed by atoms with van der Waals surface area (Å²) in [6.07, 6.45) is 0.735. The van der Waals surface area contributed by atoms with E-state index in [1.807, 2.05) is 24.3 Å². The van der Waals surface area contributed by atoms with Crippen LogP contribution in [0.3, 0.4) is 0 Å². The van der Waals surface area contributed by atoms with Crippen molar-refractivity contribution in [2.75, 3.05) is 13.3 Å². The van der Waals surface area contributed by atoms with Crippen LogP contribution in [0.5, 0.6) is 17.2 Å². The number of hydrogen-bond donors (Lipinski definition) is 1. The van der Waals surface area contributed by atoms with Crippen LogP contribution in [-0.4, -0.2) is 25.3 Å². The third kappa shape index (κ3) is 2.68. The molecule has 0 aliphatic carbocycles. The fourth-order valence-corrected chi connectivity index (χ4v) is 3.04. The molecule has 4 rings (SSSR count). The van der Waals surface area contributed by atoms with Gasteiger partial charge in [-0.2, -0.15) is 0 Å². The topological polar surface area (TPSA) is 56.8 Å². The van der Waals surface area contributed by atoms with Gasteiger partial charge in [0.2, 0.25) is 6.79 Å². The van der Waals surface area contributed by atoms with E-state index >= 15 is 0 Å². The molecule has 1 N–H and O–H groups in total. The van der Waals surface area contributed by atoms with Crippen molar-refractivity contribution in [3.05, 3.63) is 52.5 Å². The van der Waals surface area contributed by atoms with Crippen LogP contribution < -0.4 is 19.5 Å². The van der Waals surface area contributed by atoms with E-state index in [0.717, 1.165) is 17.7 Å². The molecule has 2 aromatic rings. The number of fused-ring (bicyclic) bond motifs is 2. The number of rotatable bonds is 3. The minimum atomic E-state index is -0.218. The second-order valence-electron chi connectivity index (χ2n) is 5.45. The molecule has 2 aliphatic heterocycles. The normalized spacial score (nSPS) is 17.5. The molecule has 1 atom stereocenters. The van der Waals surface area contributed by atoms with Gasteiger partial charge in [0.05, 0.1) is 11.6 Å². The van der Waals surface area contributed by atoms with E-state index in [-0.39, 0.29) is 18.8 Å². The van der Waals surface area contributed by atoms with Crippen LogP contribution in [-0.2, 0) is 6.42 Å². The lowest BCUT2D eigenvalue weighted by molar-refractivity contribution is 0.0933. The third-order valence-corrected chi connectivity index (χ3v) is 4.17. The number of benzene rings is 2. The summed E-state index contributed by atoms with van der Waals surface area (Å²) >= 11 is 6.10. The highest BCUT2D eigenvalue weighted by Gasteiger charge is 2.24. The smallest absolute Gasteiger partial charge is 0.251 e. The molecule has 2 aromatic carbocycles. The number of amides is 1. The number of halogens is 1. The van der Waals surface area contributed by atoms with E-state index in [0.29, 0.717) is 28.6 Å². The molecule has 0 saturated carbocycles. The Morgan fingerprint density at radius 2 is 2.09 bits per heavy atom. The van der Waals surface area contributed by atoms with Gasteiger partial charge < -0.3 is 19.5 Å². The maximum absolute atomic E-state index is 12.3. The van der Waals surface area contributed by atoms with Gasteiger partial charge in [-0.25, -0.2) is 0 Å². The molecule has 6 heteroatoms. The Morgan fingerprint density at radius 1 is 1.22 bits per heavy atom. The molecule has 0 saturated heterocycles. The Labute approximate surface area is 138 Å². The van der Waals surface area contributed by atoms with Gasteiger partial charge in [0, 0.05) is 12.0 Å². The number of para-hydroxylation sites is 1. The Balaban J connectivity index is 1.41. The number of hydrogen-bond acceptors (Lipinski definition) is 4. The van der Waals surface area contributed by atoms with Gasteiger partial charge in [-0.3, -0.25) is 4.79 Å². The summed E-state index contributed by atoms with van der Waals surface area (Å²) in [6, 6.07) is 11.1. The second kappa shape index (κ2) is 5.66. The standard InChI is InChI=1S/C17H14ClNO4/c18-13-6-11(7-15-16(13)22-9-21-15)17(20)19-8-12-5-10-3-1-2-4-14(10)23-12/h1-4,6-7,12H,5,8-9H2,(H,19,20). The van der Waals surface area contributed by atoms with E-state index in [2.05, 4.69) is 5.32 Å². The fourth-order valence-electron chi connectivity index (χ4n) is 2.77. The first-order valence-corrected chi connectivity index (χ1v) is 7.70. The third-order valence-electron chi connectivity index (χ3n) is 3.89. The Hall–Kier alpha value is -2.40. The average Bonchev–Trinajstić information content (AvgIpc) is 3.18. The van der Waals surface area contributed by atoms with Crippen molar-refractivity contribution in [2.24, 2.45) is 0 Å². The van der Waals surface area contributed by atoms with Crippen LogP contribution in [0.25, 0.3) is 0 Å². The van der Waals surface area contributed by atoms with Crippen molar-refractivity contribution < 1.29 is 19.0 Å². The molecule has 0 radical (unpaired) electrons. The van der Waals surface area contributed by atoms with Crippen LogP contribution >= 0.6 is 11.6 Å². The first-order chi connectivity index (χ1) is 11.2. The Morgan fingerprint density at radius 3 is 2.96 bits per heavy atom. The van der Waals surface area contributed by atoms with Crippen LogP contribution in [0.4, 0.5) is 0 Å². The summed E-state index contributed by atoms with van der Waals surface area (Å²) in [5, 5.41) is 3.25. The fraction of sp³-hybridized carbons (Fsp3) is 0.235. The summed E-state index contributed by atoms with van der Waals surface area (Å²) in [5.74, 6) is 1.65. The van der Waals surface area contributed by atoms with Gasteiger partial charge >= 0.3 is 0 Å². The molecular formula is C17H14ClNO4. The highest BCUT2D eigenvalue weighted by Crippen LogP contribution is 2.39. The van der Waals surface area contributed by atoms with Crippen LogP contribution in [0, 0.1) is 0 Å². The lowest BCUT2D eigenvalue weighted by Crippen LogP contribution is -2.34. The van der Waals surface area contributed by atoms with Gasteiger partial charge in [0.15, 0.2) is 11.5 Å². The summed E-state index contributed by atoms with van der Waals surface area (Å²) in [4.78, 5) is 12.3. The Bertz CT molecular complexity index is 752. The number of carbonyl (C=O) groups is 1. The molecule has 5 nitrogen and oxygen atoms in total. The molecule has 0 spiro atoms. The zero-order valence-electron chi connectivity index (χ0n) is 12.2. The van der Waals surface area contributed by atoms with Crippen molar-refractivity contribution in [1.82, 2.24) is 5.32 Å². The highest BCUT2D eigenvalue weighted by atomic mass is 35.5. The lowest BCUT2D eigenvalue weighted by Gasteiger charge is -2.12. The largest absolute Gasteiger partial charge is 0.488 e. The molecule has 2 heterocycles. The SMILES string of the molecule is O=C(NCC1Cc2ccccc2O1)c1cc(Cl)c2c(c1)OCO2. The first kappa shape index (κ1) is 14.2. The average molecular weight is 332 g/mol. The molecular weight excluding hydrogens is 318 g/mol. The summed E-state index contributed by atoms with van der Waals surface area (Å²) in [7, 11) is 0. The second-order valence-corrected chi connectivity index (χ2v) is 5.86. The number of ether oxygens (including phenoxy) is 3. The predicted molar refractivity (Wildman–Crippen MR) is 84.5 cm³/mol. The van der Waals surface area contributed by atoms with Gasteiger partial charge in [0.25, 0.3) is 5.91 Å². The van der Waals surface area contributed by atoms with Gasteiger partial charge in [-0.15, -0.1) is 0 Å². The van der Waals surface area contributed by atoms with Crippen molar-refractivity contribution in [3.63, 3.8) is 0 Å². The van der Waals surface area contributed by atoms with E-state index in [1.54, 1.807) is 12.1 Å². The Kier molecular flexibility index (Phi) is 3.50. The van der Waals surface area contributed by atoms with Crippen molar-refractivity contribution in [1.29, 1.82) is 0 Å². The molecule has 118 valence electrons. The quantitative estimate of drug-likeness (QED) is 0.939.